The molecule has 0 amide bonds. The molecule has 1 aliphatic heterocycles. The van der Waals surface area contributed by atoms with Crippen LogP contribution in [0.3, 0.4) is 0 Å². The topological polar surface area (TPSA) is 66.6 Å². The summed E-state index contributed by atoms with van der Waals surface area (Å²) < 4.78 is 0. The van der Waals surface area contributed by atoms with Crippen molar-refractivity contribution in [2.45, 2.75) is 25.8 Å². The first-order valence-corrected chi connectivity index (χ1v) is 5.19. The molecule has 0 bridgehead atoms. The Morgan fingerprint density at radius 1 is 1.64 bits per heavy atom. The lowest BCUT2D eigenvalue weighted by Gasteiger charge is -2.34. The van der Waals surface area contributed by atoms with Crippen LogP contribution in [0.5, 0.6) is 0 Å². The highest BCUT2D eigenvalue weighted by Gasteiger charge is 2.30. The van der Waals surface area contributed by atoms with Crippen molar-refractivity contribution in [3.8, 4) is 0 Å². The molecule has 0 aromatic heterocycles. The van der Waals surface area contributed by atoms with Gasteiger partial charge in [0, 0.05) is 12.6 Å². The summed E-state index contributed by atoms with van der Waals surface area (Å²) in [5.74, 6) is -0.892. The predicted molar refractivity (Wildman–Crippen MR) is 55.0 cm³/mol. The number of carboxylic acids is 1. The van der Waals surface area contributed by atoms with Crippen molar-refractivity contribution < 1.29 is 9.90 Å². The molecule has 4 heteroatoms. The maximum atomic E-state index is 10.8. The smallest absolute Gasteiger partial charge is 0.307 e. The Labute approximate surface area is 85.1 Å². The highest BCUT2D eigenvalue weighted by Crippen LogP contribution is 2.21. The lowest BCUT2D eigenvalue weighted by molar-refractivity contribution is -0.142. The molecule has 0 radical (unpaired) electrons. The van der Waals surface area contributed by atoms with E-state index in [4.69, 9.17) is 10.8 Å². The van der Waals surface area contributed by atoms with E-state index in [0.29, 0.717) is 5.92 Å². The second-order valence-corrected chi connectivity index (χ2v) is 4.37. The molecule has 1 saturated heterocycles. The molecule has 82 valence electrons. The minimum Gasteiger partial charge on any atom is -0.481 e. The molecule has 0 saturated carbocycles. The summed E-state index contributed by atoms with van der Waals surface area (Å²) >= 11 is 0. The SMILES string of the molecule is CC(C(=O)O)C(N)C1CCCN(C)C1. The van der Waals surface area contributed by atoms with Gasteiger partial charge in [-0.25, -0.2) is 0 Å². The van der Waals surface area contributed by atoms with Gasteiger partial charge < -0.3 is 15.7 Å². The van der Waals surface area contributed by atoms with Gasteiger partial charge in [-0.05, 0) is 32.4 Å². The predicted octanol–water partition coefficient (Wildman–Crippen LogP) is 0.376. The Balaban J connectivity index is 2.50. The van der Waals surface area contributed by atoms with Crippen LogP contribution in [-0.4, -0.2) is 42.2 Å². The average Bonchev–Trinajstić information content (AvgIpc) is 2.15. The van der Waals surface area contributed by atoms with Crippen molar-refractivity contribution in [2.75, 3.05) is 20.1 Å². The van der Waals surface area contributed by atoms with Gasteiger partial charge in [0.2, 0.25) is 0 Å². The van der Waals surface area contributed by atoms with Crippen LogP contribution in [0.4, 0.5) is 0 Å². The summed E-state index contributed by atoms with van der Waals surface area (Å²) in [4.78, 5) is 13.0. The third kappa shape index (κ3) is 2.69. The van der Waals surface area contributed by atoms with Crippen molar-refractivity contribution in [3.63, 3.8) is 0 Å². The van der Waals surface area contributed by atoms with Gasteiger partial charge in [-0.15, -0.1) is 0 Å². The molecule has 0 aliphatic carbocycles. The first-order chi connectivity index (χ1) is 6.52. The average molecular weight is 200 g/mol. The van der Waals surface area contributed by atoms with Gasteiger partial charge in [0.25, 0.3) is 0 Å². The third-order valence-electron chi connectivity index (χ3n) is 3.17. The largest absolute Gasteiger partial charge is 0.481 e. The summed E-state index contributed by atoms with van der Waals surface area (Å²) in [5.41, 5.74) is 5.95. The molecule has 3 atom stereocenters. The standard InChI is InChI=1S/C10H20N2O2/c1-7(10(13)14)9(11)8-4-3-5-12(2)6-8/h7-9H,3-6,11H2,1-2H3,(H,13,14). The van der Waals surface area contributed by atoms with Crippen LogP contribution in [0.2, 0.25) is 0 Å². The maximum absolute atomic E-state index is 10.8. The Kier molecular flexibility index (Phi) is 3.89. The summed E-state index contributed by atoms with van der Waals surface area (Å²) in [6, 6.07) is -0.213. The van der Waals surface area contributed by atoms with E-state index in [9.17, 15) is 4.79 Å². The number of hydrogen-bond acceptors (Lipinski definition) is 3. The number of nitrogens with zero attached hydrogens (tertiary/aromatic N) is 1. The van der Waals surface area contributed by atoms with E-state index in [2.05, 4.69) is 11.9 Å². The summed E-state index contributed by atoms with van der Waals surface area (Å²) in [7, 11) is 2.06. The zero-order chi connectivity index (χ0) is 10.7. The van der Waals surface area contributed by atoms with E-state index in [1.165, 1.54) is 0 Å². The van der Waals surface area contributed by atoms with E-state index in [0.717, 1.165) is 25.9 Å². The fourth-order valence-corrected chi connectivity index (χ4v) is 2.09. The minimum absolute atomic E-state index is 0.213. The fourth-order valence-electron chi connectivity index (χ4n) is 2.09. The molecule has 0 spiro atoms. The van der Waals surface area contributed by atoms with Gasteiger partial charge in [0.15, 0.2) is 0 Å². The zero-order valence-corrected chi connectivity index (χ0v) is 8.94. The van der Waals surface area contributed by atoms with Crippen LogP contribution in [-0.2, 0) is 4.79 Å². The molecule has 1 heterocycles. The van der Waals surface area contributed by atoms with Crippen LogP contribution in [0, 0.1) is 11.8 Å². The fraction of sp³-hybridized carbons (Fsp3) is 0.900. The number of piperidine rings is 1. The van der Waals surface area contributed by atoms with E-state index in [-0.39, 0.29) is 6.04 Å². The van der Waals surface area contributed by atoms with Gasteiger partial charge in [0.05, 0.1) is 5.92 Å². The van der Waals surface area contributed by atoms with Crippen LogP contribution < -0.4 is 5.73 Å². The van der Waals surface area contributed by atoms with Gasteiger partial charge >= 0.3 is 5.97 Å². The highest BCUT2D eigenvalue weighted by molar-refractivity contribution is 5.70. The molecule has 1 rings (SSSR count). The summed E-state index contributed by atoms with van der Waals surface area (Å²) in [6.07, 6.45) is 2.18. The quantitative estimate of drug-likeness (QED) is 0.691. The second kappa shape index (κ2) is 4.75. The molecule has 1 fully saturated rings. The third-order valence-corrected chi connectivity index (χ3v) is 3.17. The van der Waals surface area contributed by atoms with E-state index in [1.807, 2.05) is 0 Å². The Morgan fingerprint density at radius 3 is 2.79 bits per heavy atom. The number of carboxylic acid groups (broad SMARTS) is 1. The summed E-state index contributed by atoms with van der Waals surface area (Å²) in [5, 5.41) is 8.86. The molecular formula is C10H20N2O2. The number of likely N-dealkylation sites (tertiary alicyclic amines) is 1. The van der Waals surface area contributed by atoms with E-state index >= 15 is 0 Å². The van der Waals surface area contributed by atoms with E-state index < -0.39 is 11.9 Å². The van der Waals surface area contributed by atoms with Crippen LogP contribution >= 0.6 is 0 Å². The number of rotatable bonds is 3. The van der Waals surface area contributed by atoms with Crippen molar-refractivity contribution in [1.29, 1.82) is 0 Å². The zero-order valence-electron chi connectivity index (χ0n) is 8.94. The second-order valence-electron chi connectivity index (χ2n) is 4.37. The lowest BCUT2D eigenvalue weighted by Crippen LogP contribution is -2.46. The molecule has 3 unspecified atom stereocenters. The molecule has 4 nitrogen and oxygen atoms in total. The monoisotopic (exact) mass is 200 g/mol. The molecule has 1 aliphatic rings. The summed E-state index contributed by atoms with van der Waals surface area (Å²) in [6.45, 7) is 3.73. The number of hydrogen-bond donors (Lipinski definition) is 2. The molecule has 14 heavy (non-hydrogen) atoms. The van der Waals surface area contributed by atoms with Crippen LogP contribution in [0.25, 0.3) is 0 Å². The Morgan fingerprint density at radius 2 is 2.29 bits per heavy atom. The van der Waals surface area contributed by atoms with Crippen molar-refractivity contribution in [3.05, 3.63) is 0 Å². The Hall–Kier alpha value is -0.610. The van der Waals surface area contributed by atoms with Gasteiger partial charge in [-0.2, -0.15) is 0 Å². The molecule has 0 aromatic rings. The van der Waals surface area contributed by atoms with Crippen molar-refractivity contribution in [2.24, 2.45) is 17.6 Å². The van der Waals surface area contributed by atoms with E-state index in [1.54, 1.807) is 6.92 Å². The lowest BCUT2D eigenvalue weighted by atomic mass is 9.84. The van der Waals surface area contributed by atoms with Crippen molar-refractivity contribution in [1.82, 2.24) is 4.90 Å². The number of carbonyl (C=O) groups is 1. The minimum atomic E-state index is -0.786. The molecule has 0 aromatic carbocycles. The van der Waals surface area contributed by atoms with Gasteiger partial charge in [0.1, 0.15) is 0 Å². The van der Waals surface area contributed by atoms with Crippen molar-refractivity contribution >= 4 is 5.97 Å². The molecular weight excluding hydrogens is 180 g/mol. The number of aliphatic carboxylic acids is 1. The van der Waals surface area contributed by atoms with Gasteiger partial charge in [-0.3, -0.25) is 4.79 Å². The first-order valence-electron chi connectivity index (χ1n) is 5.19. The Bertz CT molecular complexity index is 208. The van der Waals surface area contributed by atoms with Gasteiger partial charge in [-0.1, -0.05) is 6.92 Å². The number of nitrogens with two attached hydrogens (primary N) is 1. The van der Waals surface area contributed by atoms with Crippen LogP contribution in [0.15, 0.2) is 0 Å². The normalized spacial score (nSPS) is 28.4. The maximum Gasteiger partial charge on any atom is 0.307 e. The first kappa shape index (κ1) is 11.5. The highest BCUT2D eigenvalue weighted by atomic mass is 16.4. The van der Waals surface area contributed by atoms with Crippen LogP contribution in [0.1, 0.15) is 19.8 Å². The molecule has 3 N–H and O–H groups in total.